The Morgan fingerprint density at radius 3 is 2.50 bits per heavy atom. The molecule has 0 radical (unpaired) electrons. The minimum atomic E-state index is -0.319. The van der Waals surface area contributed by atoms with E-state index in [1.807, 2.05) is 37.4 Å². The van der Waals surface area contributed by atoms with Crippen molar-refractivity contribution in [2.45, 2.75) is 24.7 Å². The van der Waals surface area contributed by atoms with Gasteiger partial charge in [0.05, 0.1) is 6.21 Å². The van der Waals surface area contributed by atoms with Crippen LogP contribution >= 0.6 is 23.4 Å². The summed E-state index contributed by atoms with van der Waals surface area (Å²) in [6.07, 6.45) is 3.69. The molecule has 0 aliphatic heterocycles. The molecule has 0 saturated carbocycles. The highest BCUT2D eigenvalue weighted by Gasteiger charge is 2.09. The van der Waals surface area contributed by atoms with Crippen molar-refractivity contribution in [3.8, 4) is 0 Å². The molecule has 0 spiro atoms. The van der Waals surface area contributed by atoms with Crippen molar-refractivity contribution in [1.29, 1.82) is 0 Å². The standard InChI is InChI=1S/C19H20ClN3O2S/c1-13-16(20)4-3-5-17(13)22-18(24)10-11-19(25)23-21-12-14-6-8-15(26-2)9-7-14/h3-9,12H,10-11H2,1-2H3,(H,22,24)(H,23,25)/b21-12+. The summed E-state index contributed by atoms with van der Waals surface area (Å²) >= 11 is 7.68. The Kier molecular flexibility index (Phi) is 7.69. The highest BCUT2D eigenvalue weighted by atomic mass is 35.5. The molecular formula is C19H20ClN3O2S. The Hall–Kier alpha value is -2.31. The lowest BCUT2D eigenvalue weighted by atomic mass is 10.2. The molecular weight excluding hydrogens is 370 g/mol. The van der Waals surface area contributed by atoms with Crippen molar-refractivity contribution in [2.75, 3.05) is 11.6 Å². The van der Waals surface area contributed by atoms with Crippen molar-refractivity contribution < 1.29 is 9.59 Å². The Balaban J connectivity index is 1.76. The average Bonchev–Trinajstić information content (AvgIpc) is 2.64. The molecule has 26 heavy (non-hydrogen) atoms. The van der Waals surface area contributed by atoms with Gasteiger partial charge in [-0.1, -0.05) is 29.8 Å². The summed E-state index contributed by atoms with van der Waals surface area (Å²) in [6, 6.07) is 13.1. The number of thioether (sulfide) groups is 1. The first-order valence-electron chi connectivity index (χ1n) is 8.00. The third kappa shape index (κ3) is 6.20. The van der Waals surface area contributed by atoms with Gasteiger partial charge in [-0.15, -0.1) is 11.8 Å². The molecule has 0 aliphatic rings. The van der Waals surface area contributed by atoms with Crippen LogP contribution in [0.3, 0.4) is 0 Å². The minimum absolute atomic E-state index is 0.0498. The third-order valence-corrected chi connectivity index (χ3v) is 4.79. The number of nitrogens with zero attached hydrogens (tertiary/aromatic N) is 1. The van der Waals surface area contributed by atoms with E-state index in [1.54, 1.807) is 36.2 Å². The van der Waals surface area contributed by atoms with E-state index in [4.69, 9.17) is 11.6 Å². The third-order valence-electron chi connectivity index (χ3n) is 3.64. The first-order valence-corrected chi connectivity index (χ1v) is 9.61. The van der Waals surface area contributed by atoms with E-state index in [0.717, 1.165) is 16.0 Å². The highest BCUT2D eigenvalue weighted by molar-refractivity contribution is 7.98. The average molecular weight is 390 g/mol. The Bertz CT molecular complexity index is 807. The van der Waals surface area contributed by atoms with Crippen molar-refractivity contribution in [3.05, 3.63) is 58.6 Å². The van der Waals surface area contributed by atoms with Gasteiger partial charge in [-0.3, -0.25) is 9.59 Å². The fraction of sp³-hybridized carbons (Fsp3) is 0.211. The van der Waals surface area contributed by atoms with Gasteiger partial charge in [0.25, 0.3) is 0 Å². The lowest BCUT2D eigenvalue weighted by molar-refractivity contribution is -0.124. The van der Waals surface area contributed by atoms with Crippen LogP contribution in [0.2, 0.25) is 5.02 Å². The number of anilines is 1. The van der Waals surface area contributed by atoms with Gasteiger partial charge in [0, 0.05) is 28.4 Å². The van der Waals surface area contributed by atoms with Crippen LogP contribution in [-0.2, 0) is 9.59 Å². The number of hydrazone groups is 1. The summed E-state index contributed by atoms with van der Waals surface area (Å²) < 4.78 is 0. The topological polar surface area (TPSA) is 70.6 Å². The van der Waals surface area contributed by atoms with E-state index in [-0.39, 0.29) is 24.7 Å². The highest BCUT2D eigenvalue weighted by Crippen LogP contribution is 2.23. The summed E-state index contributed by atoms with van der Waals surface area (Å²) in [6.45, 7) is 1.82. The van der Waals surface area contributed by atoms with E-state index in [9.17, 15) is 9.59 Å². The molecule has 136 valence electrons. The zero-order chi connectivity index (χ0) is 18.9. The van der Waals surface area contributed by atoms with Gasteiger partial charge in [-0.2, -0.15) is 5.10 Å². The van der Waals surface area contributed by atoms with Crippen LogP contribution in [0.15, 0.2) is 52.5 Å². The second-order valence-corrected chi connectivity index (χ2v) is 6.81. The van der Waals surface area contributed by atoms with Crippen molar-refractivity contribution in [1.82, 2.24) is 5.43 Å². The van der Waals surface area contributed by atoms with Crippen molar-refractivity contribution in [2.24, 2.45) is 5.10 Å². The fourth-order valence-electron chi connectivity index (χ4n) is 2.11. The number of hydrogen-bond donors (Lipinski definition) is 2. The number of halogens is 1. The van der Waals surface area contributed by atoms with E-state index < -0.39 is 0 Å². The second kappa shape index (κ2) is 9.99. The number of carbonyl (C=O) groups excluding carboxylic acids is 2. The number of carbonyl (C=O) groups is 2. The first-order chi connectivity index (χ1) is 12.5. The molecule has 0 heterocycles. The monoisotopic (exact) mass is 389 g/mol. The second-order valence-electron chi connectivity index (χ2n) is 5.53. The van der Waals surface area contributed by atoms with Crippen molar-refractivity contribution in [3.63, 3.8) is 0 Å². The zero-order valence-corrected chi connectivity index (χ0v) is 16.2. The van der Waals surface area contributed by atoms with E-state index in [0.29, 0.717) is 10.7 Å². The van der Waals surface area contributed by atoms with Gasteiger partial charge in [0.15, 0.2) is 0 Å². The van der Waals surface area contributed by atoms with Crippen LogP contribution in [0.25, 0.3) is 0 Å². The van der Waals surface area contributed by atoms with Crippen LogP contribution in [-0.4, -0.2) is 24.3 Å². The molecule has 0 atom stereocenters. The molecule has 7 heteroatoms. The molecule has 0 saturated heterocycles. The SMILES string of the molecule is CSc1ccc(/C=N/NC(=O)CCC(=O)Nc2cccc(Cl)c2C)cc1. The maximum absolute atomic E-state index is 12.0. The Morgan fingerprint density at radius 1 is 1.12 bits per heavy atom. The largest absolute Gasteiger partial charge is 0.326 e. The van der Waals surface area contributed by atoms with Crippen LogP contribution in [0.5, 0.6) is 0 Å². The van der Waals surface area contributed by atoms with Gasteiger partial charge in [0.2, 0.25) is 11.8 Å². The van der Waals surface area contributed by atoms with Crippen LogP contribution in [0.4, 0.5) is 5.69 Å². The normalized spacial score (nSPS) is 10.7. The van der Waals surface area contributed by atoms with Gasteiger partial charge in [-0.25, -0.2) is 5.43 Å². The summed E-state index contributed by atoms with van der Waals surface area (Å²) in [5, 5.41) is 7.24. The van der Waals surface area contributed by atoms with Crippen LogP contribution in [0.1, 0.15) is 24.0 Å². The number of amides is 2. The lowest BCUT2D eigenvalue weighted by Gasteiger charge is -2.09. The molecule has 0 bridgehead atoms. The maximum Gasteiger partial charge on any atom is 0.240 e. The smallest absolute Gasteiger partial charge is 0.240 e. The molecule has 0 aliphatic carbocycles. The van der Waals surface area contributed by atoms with Gasteiger partial charge in [-0.05, 0) is 48.6 Å². The first kappa shape index (κ1) is 20.0. The Morgan fingerprint density at radius 2 is 1.81 bits per heavy atom. The van der Waals surface area contributed by atoms with E-state index in [2.05, 4.69) is 15.8 Å². The predicted octanol–water partition coefficient (Wildman–Crippen LogP) is 4.24. The molecule has 2 aromatic carbocycles. The molecule has 2 amide bonds. The summed E-state index contributed by atoms with van der Waals surface area (Å²) in [5.74, 6) is -0.567. The number of nitrogens with one attached hydrogen (secondary N) is 2. The molecule has 2 aromatic rings. The Labute approximate surface area is 162 Å². The van der Waals surface area contributed by atoms with Gasteiger partial charge >= 0.3 is 0 Å². The summed E-state index contributed by atoms with van der Waals surface area (Å²) in [7, 11) is 0. The lowest BCUT2D eigenvalue weighted by Crippen LogP contribution is -2.20. The van der Waals surface area contributed by atoms with E-state index in [1.165, 1.54) is 0 Å². The molecule has 5 nitrogen and oxygen atoms in total. The quantitative estimate of drug-likeness (QED) is 0.422. The maximum atomic E-state index is 12.0. The number of rotatable bonds is 7. The predicted molar refractivity (Wildman–Crippen MR) is 108 cm³/mol. The summed E-state index contributed by atoms with van der Waals surface area (Å²) in [4.78, 5) is 24.9. The van der Waals surface area contributed by atoms with E-state index >= 15 is 0 Å². The molecule has 0 unspecified atom stereocenters. The van der Waals surface area contributed by atoms with Crippen LogP contribution in [0, 0.1) is 6.92 Å². The molecule has 0 aromatic heterocycles. The fourth-order valence-corrected chi connectivity index (χ4v) is 2.69. The minimum Gasteiger partial charge on any atom is -0.326 e. The zero-order valence-electron chi connectivity index (χ0n) is 14.6. The molecule has 2 rings (SSSR count). The van der Waals surface area contributed by atoms with Crippen LogP contribution < -0.4 is 10.7 Å². The molecule has 2 N–H and O–H groups in total. The van der Waals surface area contributed by atoms with Gasteiger partial charge < -0.3 is 5.32 Å². The number of hydrogen-bond acceptors (Lipinski definition) is 4. The van der Waals surface area contributed by atoms with Crippen molar-refractivity contribution >= 4 is 47.1 Å². The summed E-state index contributed by atoms with van der Waals surface area (Å²) in [5.41, 5.74) is 4.75. The van der Waals surface area contributed by atoms with Gasteiger partial charge in [0.1, 0.15) is 0 Å². The number of benzene rings is 2. The molecule has 0 fully saturated rings.